The van der Waals surface area contributed by atoms with Crippen molar-refractivity contribution in [1.82, 2.24) is 4.90 Å². The fourth-order valence-corrected chi connectivity index (χ4v) is 11.6. The third kappa shape index (κ3) is 5.83. The summed E-state index contributed by atoms with van der Waals surface area (Å²) >= 11 is 0. The highest BCUT2D eigenvalue weighted by Crippen LogP contribution is 2.67. The molecule has 0 amide bonds. The molecule has 6 fully saturated rings. The fourth-order valence-electron chi connectivity index (χ4n) is 11.6. The van der Waals surface area contributed by atoms with Crippen molar-refractivity contribution in [1.29, 1.82) is 0 Å². The van der Waals surface area contributed by atoms with Gasteiger partial charge in [-0.25, -0.2) is 0 Å². The number of rotatable bonds is 7. The molecule has 5 unspecified atom stereocenters. The van der Waals surface area contributed by atoms with Gasteiger partial charge in [-0.05, 0) is 86.9 Å². The van der Waals surface area contributed by atoms with Crippen molar-refractivity contribution in [3.05, 3.63) is 0 Å². The van der Waals surface area contributed by atoms with Crippen LogP contribution in [0.4, 0.5) is 0 Å². The molecule has 0 radical (unpaired) electrons. The molecule has 9 heteroatoms. The molecule has 10 atom stereocenters. The van der Waals surface area contributed by atoms with Gasteiger partial charge in [0.25, 0.3) is 0 Å². The maximum Gasteiger partial charge on any atom is 0.306 e. The van der Waals surface area contributed by atoms with Gasteiger partial charge in [0.15, 0.2) is 6.10 Å². The molecule has 2 heterocycles. The SMILES string of the molecule is CC(=O)OC1C([N+]2(C)CCCCC2)C[C@H]2[C@@H]3CCC4CC(OC(=O)CCC(=O)O)C(N5CCOCC5)C[C@]4(C)[C@@H]3CC[C@]12C. The molecule has 4 aliphatic carbocycles. The third-order valence-corrected chi connectivity index (χ3v) is 13.9. The summed E-state index contributed by atoms with van der Waals surface area (Å²) in [6.07, 6.45) is 11.0. The minimum absolute atomic E-state index is 0.0124. The zero-order valence-electron chi connectivity index (χ0n) is 27.6. The number of esters is 2. The minimum Gasteiger partial charge on any atom is -0.481 e. The van der Waals surface area contributed by atoms with E-state index in [9.17, 15) is 14.4 Å². The maximum absolute atomic E-state index is 12.8. The number of ether oxygens (including phenoxy) is 3. The summed E-state index contributed by atoms with van der Waals surface area (Å²) < 4.78 is 19.2. The van der Waals surface area contributed by atoms with Crippen molar-refractivity contribution in [2.24, 2.45) is 34.5 Å². The summed E-state index contributed by atoms with van der Waals surface area (Å²) in [7, 11) is 2.43. The Labute approximate surface area is 263 Å². The van der Waals surface area contributed by atoms with Crippen LogP contribution in [0, 0.1) is 34.5 Å². The molecule has 9 nitrogen and oxygen atoms in total. The van der Waals surface area contributed by atoms with Crippen molar-refractivity contribution in [3.63, 3.8) is 0 Å². The monoisotopic (exact) mass is 617 g/mol. The second-order valence-electron chi connectivity index (χ2n) is 16.1. The highest BCUT2D eigenvalue weighted by Gasteiger charge is 2.67. The summed E-state index contributed by atoms with van der Waals surface area (Å²) in [6.45, 7) is 12.0. The topological polar surface area (TPSA) is 102 Å². The number of aliphatic carboxylic acids is 1. The molecule has 0 aromatic heterocycles. The van der Waals surface area contributed by atoms with Crippen molar-refractivity contribution in [2.45, 2.75) is 122 Å². The summed E-state index contributed by atoms with van der Waals surface area (Å²) in [5.41, 5.74) is 0.162. The summed E-state index contributed by atoms with van der Waals surface area (Å²) in [4.78, 5) is 38.9. The lowest BCUT2D eigenvalue weighted by molar-refractivity contribution is -0.940. The van der Waals surface area contributed by atoms with Gasteiger partial charge in [-0.1, -0.05) is 13.8 Å². The van der Waals surface area contributed by atoms with E-state index < -0.39 is 5.97 Å². The Hall–Kier alpha value is -1.71. The number of carboxylic acids is 1. The molecule has 0 spiro atoms. The molecular formula is C35H57N2O7+. The van der Waals surface area contributed by atoms with Gasteiger partial charge in [0.2, 0.25) is 0 Å². The van der Waals surface area contributed by atoms with Crippen LogP contribution in [-0.2, 0) is 28.6 Å². The van der Waals surface area contributed by atoms with Crippen LogP contribution in [0.15, 0.2) is 0 Å². The molecular weight excluding hydrogens is 560 g/mol. The lowest BCUT2D eigenvalue weighted by Gasteiger charge is -2.62. The first kappa shape index (κ1) is 32.2. The lowest BCUT2D eigenvalue weighted by Crippen LogP contribution is -2.62. The van der Waals surface area contributed by atoms with Gasteiger partial charge in [-0.15, -0.1) is 0 Å². The number of carbonyl (C=O) groups is 3. The Morgan fingerprint density at radius 1 is 0.932 bits per heavy atom. The minimum atomic E-state index is -0.966. The zero-order chi connectivity index (χ0) is 31.3. The molecule has 0 bridgehead atoms. The number of likely N-dealkylation sites (tertiary alicyclic amines) is 1. The molecule has 2 saturated heterocycles. The van der Waals surface area contributed by atoms with Crippen molar-refractivity contribution >= 4 is 17.9 Å². The van der Waals surface area contributed by atoms with E-state index in [2.05, 4.69) is 25.8 Å². The van der Waals surface area contributed by atoms with E-state index in [1.807, 2.05) is 0 Å². The predicted octanol–water partition coefficient (Wildman–Crippen LogP) is 4.66. The van der Waals surface area contributed by atoms with Crippen LogP contribution >= 0.6 is 0 Å². The van der Waals surface area contributed by atoms with E-state index in [0.717, 1.165) is 56.1 Å². The van der Waals surface area contributed by atoms with Crippen LogP contribution in [0.3, 0.4) is 0 Å². The molecule has 6 aliphatic rings. The number of piperidine rings is 1. The Morgan fingerprint density at radius 2 is 1.66 bits per heavy atom. The number of morpholine rings is 1. The number of fused-ring (bicyclic) bond motifs is 5. The van der Waals surface area contributed by atoms with Gasteiger partial charge in [-0.2, -0.15) is 0 Å². The molecule has 4 saturated carbocycles. The van der Waals surface area contributed by atoms with Gasteiger partial charge in [0.1, 0.15) is 12.1 Å². The molecule has 0 aromatic carbocycles. The molecule has 1 N–H and O–H groups in total. The number of carboxylic acid groups (broad SMARTS) is 1. The van der Waals surface area contributed by atoms with Gasteiger partial charge in [-0.3, -0.25) is 19.3 Å². The van der Waals surface area contributed by atoms with Gasteiger partial charge in [0.05, 0.1) is 46.2 Å². The Morgan fingerprint density at radius 3 is 2.34 bits per heavy atom. The molecule has 248 valence electrons. The largest absolute Gasteiger partial charge is 0.481 e. The highest BCUT2D eigenvalue weighted by molar-refractivity contribution is 5.76. The standard InChI is InChI=1S/C35H56N2O7/c1-23(38)43-33-29(37(4)16-6-5-7-17-37)21-27-25-9-8-24-20-30(44-32(41)11-10-31(39)40)28(36-14-18-42-19-15-36)22-35(24,3)26(25)12-13-34(27,33)2/h24-30,33H,5-22H2,1-4H3/p+1/t24?,25-,26-,27+,28?,29?,30?,33?,34+,35+/m1/s1. The van der Waals surface area contributed by atoms with Crippen LogP contribution < -0.4 is 0 Å². The van der Waals surface area contributed by atoms with Crippen molar-refractivity contribution < 1.29 is 38.2 Å². The predicted molar refractivity (Wildman–Crippen MR) is 165 cm³/mol. The number of hydrogen-bond acceptors (Lipinski definition) is 7. The van der Waals surface area contributed by atoms with E-state index in [4.69, 9.17) is 19.3 Å². The second-order valence-corrected chi connectivity index (χ2v) is 16.1. The van der Waals surface area contributed by atoms with E-state index in [-0.39, 0.29) is 53.9 Å². The van der Waals surface area contributed by atoms with Crippen LogP contribution in [0.1, 0.15) is 97.8 Å². The Kier molecular flexibility index (Phi) is 9.14. The quantitative estimate of drug-likeness (QED) is 0.325. The van der Waals surface area contributed by atoms with Crippen LogP contribution in [0.25, 0.3) is 0 Å². The maximum atomic E-state index is 12.8. The Balaban J connectivity index is 1.26. The van der Waals surface area contributed by atoms with Gasteiger partial charge < -0.3 is 23.8 Å². The van der Waals surface area contributed by atoms with Gasteiger partial charge >= 0.3 is 17.9 Å². The van der Waals surface area contributed by atoms with Crippen molar-refractivity contribution in [2.75, 3.05) is 46.4 Å². The van der Waals surface area contributed by atoms with E-state index in [0.29, 0.717) is 42.9 Å². The number of nitrogens with zero attached hydrogens (tertiary/aromatic N) is 2. The normalized spacial score (nSPS) is 43.6. The van der Waals surface area contributed by atoms with E-state index in [1.54, 1.807) is 6.92 Å². The van der Waals surface area contributed by atoms with E-state index >= 15 is 0 Å². The third-order valence-electron chi connectivity index (χ3n) is 13.9. The highest BCUT2D eigenvalue weighted by atomic mass is 16.5. The van der Waals surface area contributed by atoms with Gasteiger partial charge in [0, 0.05) is 37.9 Å². The summed E-state index contributed by atoms with van der Waals surface area (Å²) in [5.74, 6) is 0.780. The molecule has 0 aromatic rings. The average molecular weight is 618 g/mol. The van der Waals surface area contributed by atoms with Crippen LogP contribution in [0.5, 0.6) is 0 Å². The zero-order valence-corrected chi connectivity index (χ0v) is 27.6. The van der Waals surface area contributed by atoms with Crippen LogP contribution in [0.2, 0.25) is 0 Å². The average Bonchev–Trinajstić information content (AvgIpc) is 3.29. The lowest BCUT2D eigenvalue weighted by atomic mass is 9.44. The first-order valence-electron chi connectivity index (χ1n) is 17.7. The van der Waals surface area contributed by atoms with Crippen molar-refractivity contribution in [3.8, 4) is 0 Å². The number of quaternary nitrogens is 1. The first-order valence-corrected chi connectivity index (χ1v) is 17.7. The molecule has 2 aliphatic heterocycles. The number of carbonyl (C=O) groups excluding carboxylic acids is 2. The number of hydrogen-bond donors (Lipinski definition) is 1. The summed E-state index contributed by atoms with van der Waals surface area (Å²) in [5, 5.41) is 9.11. The number of likely N-dealkylation sites (N-methyl/N-ethyl adjacent to an activating group) is 1. The smallest absolute Gasteiger partial charge is 0.306 e. The van der Waals surface area contributed by atoms with Crippen LogP contribution in [-0.4, -0.2) is 103 Å². The summed E-state index contributed by atoms with van der Waals surface area (Å²) in [6, 6.07) is 0.504. The Bertz CT molecular complexity index is 1090. The molecule has 44 heavy (non-hydrogen) atoms. The van der Waals surface area contributed by atoms with E-state index in [1.165, 1.54) is 38.8 Å². The molecule has 6 rings (SSSR count). The first-order chi connectivity index (χ1) is 20.9. The second kappa shape index (κ2) is 12.5. The fraction of sp³-hybridized carbons (Fsp3) is 0.914.